The van der Waals surface area contributed by atoms with Gasteiger partial charge in [-0.05, 0) is 55.7 Å². The van der Waals surface area contributed by atoms with E-state index in [4.69, 9.17) is 4.74 Å². The monoisotopic (exact) mass is 319 g/mol. The van der Waals surface area contributed by atoms with Gasteiger partial charge < -0.3 is 9.64 Å². The smallest absolute Gasteiger partial charge is 0.227 e. The van der Waals surface area contributed by atoms with E-state index in [9.17, 15) is 4.79 Å². The van der Waals surface area contributed by atoms with E-state index < -0.39 is 0 Å². The van der Waals surface area contributed by atoms with Gasteiger partial charge in [-0.25, -0.2) is 0 Å². The van der Waals surface area contributed by atoms with E-state index in [1.807, 2.05) is 17.0 Å². The van der Waals surface area contributed by atoms with Crippen molar-refractivity contribution in [2.45, 2.75) is 32.2 Å². The summed E-state index contributed by atoms with van der Waals surface area (Å²) in [5.74, 6) is 1.07. The molecule has 0 N–H and O–H groups in total. The number of ether oxygens (including phenoxy) is 1. The Bertz CT molecular complexity index is 851. The molecule has 1 saturated heterocycles. The Labute approximate surface area is 142 Å². The molecule has 2 aliphatic rings. The minimum absolute atomic E-state index is 0.215. The second-order valence-electron chi connectivity index (χ2n) is 6.89. The summed E-state index contributed by atoms with van der Waals surface area (Å²) in [5, 5.41) is 0. The summed E-state index contributed by atoms with van der Waals surface area (Å²) < 4.78 is 5.28. The first-order chi connectivity index (χ1) is 11.5. The minimum Gasteiger partial charge on any atom is -0.497 e. The predicted octanol–water partition coefficient (Wildman–Crippen LogP) is 4.33. The first-order valence-corrected chi connectivity index (χ1v) is 8.33. The molecule has 1 amide bonds. The zero-order valence-corrected chi connectivity index (χ0v) is 14.3. The van der Waals surface area contributed by atoms with Crippen molar-refractivity contribution in [2.24, 2.45) is 0 Å². The van der Waals surface area contributed by atoms with E-state index in [0.717, 1.165) is 29.0 Å². The van der Waals surface area contributed by atoms with Gasteiger partial charge in [0.15, 0.2) is 0 Å². The highest BCUT2D eigenvalue weighted by Crippen LogP contribution is 2.47. The van der Waals surface area contributed by atoms with Crippen LogP contribution in [-0.2, 0) is 4.79 Å². The Balaban J connectivity index is 1.92. The van der Waals surface area contributed by atoms with Crippen molar-refractivity contribution in [1.29, 1.82) is 0 Å². The van der Waals surface area contributed by atoms with Crippen LogP contribution < -0.4 is 9.64 Å². The number of carbonyl (C=O) groups excluding carboxylic acids is 1. The van der Waals surface area contributed by atoms with E-state index in [-0.39, 0.29) is 11.4 Å². The third kappa shape index (κ3) is 2.15. The van der Waals surface area contributed by atoms with Crippen molar-refractivity contribution in [2.75, 3.05) is 12.0 Å². The molecule has 2 aromatic carbocycles. The number of hydrogen-bond acceptors (Lipinski definition) is 2. The van der Waals surface area contributed by atoms with Gasteiger partial charge in [0.2, 0.25) is 5.91 Å². The summed E-state index contributed by atoms with van der Waals surface area (Å²) in [4.78, 5) is 14.4. The Morgan fingerprint density at radius 2 is 1.88 bits per heavy atom. The quantitative estimate of drug-likeness (QED) is 0.824. The standard InChI is InChI=1S/C21H21NO2/c1-14-4-9-19-17(12-14)18(15-5-7-16(24-3)8-6-15)13-21(2)11-10-20(23)22(19)21/h4-9,12-13H,10-11H2,1-3H3. The molecule has 0 radical (unpaired) electrons. The fourth-order valence-electron chi connectivity index (χ4n) is 3.87. The van der Waals surface area contributed by atoms with E-state index in [1.165, 1.54) is 11.1 Å². The molecule has 2 aromatic rings. The van der Waals surface area contributed by atoms with Gasteiger partial charge in [-0.1, -0.05) is 29.8 Å². The van der Waals surface area contributed by atoms with Gasteiger partial charge in [0.05, 0.1) is 18.3 Å². The fourth-order valence-corrected chi connectivity index (χ4v) is 3.87. The molecule has 0 aliphatic carbocycles. The van der Waals surface area contributed by atoms with Crippen molar-refractivity contribution in [3.05, 3.63) is 65.2 Å². The third-order valence-corrected chi connectivity index (χ3v) is 5.14. The average Bonchev–Trinajstić information content (AvgIpc) is 2.89. The van der Waals surface area contributed by atoms with E-state index in [2.05, 4.69) is 50.3 Å². The molecule has 1 unspecified atom stereocenters. The summed E-state index contributed by atoms with van der Waals surface area (Å²) in [7, 11) is 1.68. The van der Waals surface area contributed by atoms with Gasteiger partial charge in [0, 0.05) is 12.0 Å². The zero-order chi connectivity index (χ0) is 16.9. The predicted molar refractivity (Wildman–Crippen MR) is 96.4 cm³/mol. The molecule has 24 heavy (non-hydrogen) atoms. The molecule has 122 valence electrons. The third-order valence-electron chi connectivity index (χ3n) is 5.14. The highest BCUT2D eigenvalue weighted by molar-refractivity contribution is 6.04. The van der Waals surface area contributed by atoms with Crippen molar-refractivity contribution >= 4 is 17.2 Å². The second kappa shape index (κ2) is 5.23. The fraction of sp³-hybridized carbons (Fsp3) is 0.286. The van der Waals surface area contributed by atoms with E-state index in [0.29, 0.717) is 6.42 Å². The molecule has 3 heteroatoms. The largest absolute Gasteiger partial charge is 0.497 e. The molecule has 2 aliphatic heterocycles. The van der Waals surface area contributed by atoms with Crippen LogP contribution in [0.4, 0.5) is 5.69 Å². The van der Waals surface area contributed by atoms with Crippen molar-refractivity contribution in [3.63, 3.8) is 0 Å². The molecule has 3 nitrogen and oxygen atoms in total. The van der Waals surface area contributed by atoms with Gasteiger partial charge in [-0.3, -0.25) is 4.79 Å². The molecule has 4 rings (SSSR count). The Morgan fingerprint density at radius 3 is 2.58 bits per heavy atom. The van der Waals surface area contributed by atoms with Crippen LogP contribution in [0.5, 0.6) is 5.75 Å². The second-order valence-corrected chi connectivity index (χ2v) is 6.89. The van der Waals surface area contributed by atoms with Gasteiger partial charge in [-0.2, -0.15) is 0 Å². The van der Waals surface area contributed by atoms with Crippen LogP contribution in [0, 0.1) is 6.92 Å². The minimum atomic E-state index is -0.241. The van der Waals surface area contributed by atoms with Crippen LogP contribution in [0.25, 0.3) is 5.57 Å². The summed E-state index contributed by atoms with van der Waals surface area (Å²) >= 11 is 0. The molecule has 0 aromatic heterocycles. The number of anilines is 1. The van der Waals surface area contributed by atoms with E-state index >= 15 is 0 Å². The van der Waals surface area contributed by atoms with Gasteiger partial charge >= 0.3 is 0 Å². The number of amides is 1. The molecule has 2 heterocycles. The summed E-state index contributed by atoms with van der Waals surface area (Å²) in [6.45, 7) is 4.25. The normalized spacial score (nSPS) is 22.0. The van der Waals surface area contributed by atoms with Crippen molar-refractivity contribution < 1.29 is 9.53 Å². The first kappa shape index (κ1) is 15.0. The lowest BCUT2D eigenvalue weighted by Crippen LogP contribution is -2.44. The Kier molecular flexibility index (Phi) is 3.27. The van der Waals surface area contributed by atoms with Gasteiger partial charge in [-0.15, -0.1) is 0 Å². The van der Waals surface area contributed by atoms with Crippen molar-refractivity contribution in [3.8, 4) is 5.75 Å². The summed E-state index contributed by atoms with van der Waals surface area (Å²) in [6, 6.07) is 14.5. The topological polar surface area (TPSA) is 29.5 Å². The van der Waals surface area contributed by atoms with Crippen LogP contribution in [0.15, 0.2) is 48.5 Å². The number of carbonyl (C=O) groups is 1. The number of methoxy groups -OCH3 is 1. The first-order valence-electron chi connectivity index (χ1n) is 8.33. The molecule has 1 fully saturated rings. The lowest BCUT2D eigenvalue weighted by Gasteiger charge is -2.39. The molecule has 0 bridgehead atoms. The number of hydrogen-bond donors (Lipinski definition) is 0. The molecule has 0 spiro atoms. The van der Waals surface area contributed by atoms with Crippen LogP contribution in [0.2, 0.25) is 0 Å². The maximum atomic E-state index is 12.5. The number of rotatable bonds is 2. The number of aryl methyl sites for hydroxylation is 1. The number of fused-ring (bicyclic) bond motifs is 3. The van der Waals surface area contributed by atoms with Crippen LogP contribution in [0.3, 0.4) is 0 Å². The maximum Gasteiger partial charge on any atom is 0.227 e. The summed E-state index contributed by atoms with van der Waals surface area (Å²) in [5.41, 5.74) is 5.47. The van der Waals surface area contributed by atoms with Crippen LogP contribution >= 0.6 is 0 Å². The van der Waals surface area contributed by atoms with Gasteiger partial charge in [0.25, 0.3) is 0 Å². The zero-order valence-electron chi connectivity index (χ0n) is 14.3. The molecular formula is C21H21NO2. The molecule has 0 saturated carbocycles. The summed E-state index contributed by atoms with van der Waals surface area (Å²) in [6.07, 6.45) is 3.73. The highest BCUT2D eigenvalue weighted by Gasteiger charge is 2.44. The van der Waals surface area contributed by atoms with E-state index in [1.54, 1.807) is 7.11 Å². The molecule has 1 atom stereocenters. The number of nitrogens with zero attached hydrogens (tertiary/aromatic N) is 1. The highest BCUT2D eigenvalue weighted by atomic mass is 16.5. The SMILES string of the molecule is COc1ccc(C2=CC3(C)CCC(=O)N3c3ccc(C)cc32)cc1. The number of benzene rings is 2. The van der Waals surface area contributed by atoms with Gasteiger partial charge in [0.1, 0.15) is 5.75 Å². The van der Waals surface area contributed by atoms with Crippen LogP contribution in [-0.4, -0.2) is 18.6 Å². The lowest BCUT2D eigenvalue weighted by molar-refractivity contribution is -0.117. The maximum absolute atomic E-state index is 12.5. The Hall–Kier alpha value is -2.55. The lowest BCUT2D eigenvalue weighted by atomic mass is 9.84. The van der Waals surface area contributed by atoms with Crippen molar-refractivity contribution in [1.82, 2.24) is 0 Å². The average molecular weight is 319 g/mol. The Morgan fingerprint density at radius 1 is 1.12 bits per heavy atom. The molecular weight excluding hydrogens is 298 g/mol. The van der Waals surface area contributed by atoms with Crippen LogP contribution in [0.1, 0.15) is 36.5 Å².